The van der Waals surface area contributed by atoms with Gasteiger partial charge in [0.25, 0.3) is 5.92 Å². The van der Waals surface area contributed by atoms with Gasteiger partial charge in [0.1, 0.15) is 5.75 Å². The third-order valence-electron chi connectivity index (χ3n) is 2.70. The molecule has 2 N–H and O–H groups in total. The summed E-state index contributed by atoms with van der Waals surface area (Å²) in [5, 5.41) is 0. The van der Waals surface area contributed by atoms with E-state index in [9.17, 15) is 8.78 Å². The topological polar surface area (TPSA) is 35.2 Å². The number of hydrogen-bond acceptors (Lipinski definition) is 2. The Morgan fingerprint density at radius 2 is 1.87 bits per heavy atom. The molecule has 0 amide bonds. The first kappa shape index (κ1) is 10.4. The fraction of sp³-hybridized carbons (Fsp3) is 0.455. The Morgan fingerprint density at radius 3 is 2.40 bits per heavy atom. The van der Waals surface area contributed by atoms with Crippen LogP contribution in [0.3, 0.4) is 0 Å². The van der Waals surface area contributed by atoms with E-state index in [0.29, 0.717) is 5.75 Å². The Kier molecular flexibility index (Phi) is 2.38. The van der Waals surface area contributed by atoms with Crippen LogP contribution in [-0.4, -0.2) is 18.1 Å². The van der Waals surface area contributed by atoms with Crippen molar-refractivity contribution in [3.63, 3.8) is 0 Å². The lowest BCUT2D eigenvalue weighted by molar-refractivity contribution is 0.0826. The molecule has 2 rings (SSSR count). The maximum absolute atomic E-state index is 12.7. The highest BCUT2D eigenvalue weighted by Crippen LogP contribution is 2.52. The van der Waals surface area contributed by atoms with Crippen molar-refractivity contribution in [2.24, 2.45) is 5.73 Å². The Labute approximate surface area is 87.0 Å². The van der Waals surface area contributed by atoms with Gasteiger partial charge in [0, 0.05) is 12.8 Å². The average molecular weight is 213 g/mol. The van der Waals surface area contributed by atoms with Crippen LogP contribution in [0.4, 0.5) is 8.78 Å². The summed E-state index contributed by atoms with van der Waals surface area (Å²) in [6.45, 7) is 0.232. The third-order valence-corrected chi connectivity index (χ3v) is 2.70. The summed E-state index contributed by atoms with van der Waals surface area (Å²) in [6.07, 6.45) is -0.0347. The Balaban J connectivity index is 1.77. The van der Waals surface area contributed by atoms with Crippen molar-refractivity contribution in [1.29, 1.82) is 0 Å². The van der Waals surface area contributed by atoms with Crippen molar-refractivity contribution in [3.8, 4) is 5.75 Å². The smallest absolute Gasteiger partial charge is 0.268 e. The zero-order valence-corrected chi connectivity index (χ0v) is 8.25. The minimum absolute atomic E-state index is 0.189. The van der Waals surface area contributed by atoms with Crippen molar-refractivity contribution in [2.75, 3.05) is 6.61 Å². The lowest BCUT2D eigenvalue weighted by Crippen LogP contribution is -2.31. The summed E-state index contributed by atoms with van der Waals surface area (Å²) in [5.74, 6) is -2.02. The largest absolute Gasteiger partial charge is 0.494 e. The molecule has 1 aromatic carbocycles. The zero-order chi connectivity index (χ0) is 10.9. The molecule has 82 valence electrons. The van der Waals surface area contributed by atoms with Gasteiger partial charge in [0.05, 0.1) is 12.1 Å². The fourth-order valence-electron chi connectivity index (χ4n) is 1.49. The van der Waals surface area contributed by atoms with Crippen molar-refractivity contribution < 1.29 is 13.5 Å². The lowest BCUT2D eigenvalue weighted by atomic mass is 10.2. The minimum Gasteiger partial charge on any atom is -0.494 e. The van der Waals surface area contributed by atoms with E-state index in [1.807, 2.05) is 18.2 Å². The van der Waals surface area contributed by atoms with Crippen molar-refractivity contribution in [1.82, 2.24) is 0 Å². The molecule has 1 saturated carbocycles. The van der Waals surface area contributed by atoms with Crippen LogP contribution < -0.4 is 10.5 Å². The summed E-state index contributed by atoms with van der Waals surface area (Å²) < 4.78 is 30.8. The van der Waals surface area contributed by atoms with Gasteiger partial charge >= 0.3 is 0 Å². The quantitative estimate of drug-likeness (QED) is 0.832. The number of halogens is 2. The molecule has 1 atom stereocenters. The maximum atomic E-state index is 12.7. The van der Waals surface area contributed by atoms with Crippen LogP contribution in [0.1, 0.15) is 12.8 Å². The van der Waals surface area contributed by atoms with Crippen molar-refractivity contribution in [2.45, 2.75) is 24.3 Å². The maximum Gasteiger partial charge on any atom is 0.268 e. The molecule has 0 saturated heterocycles. The molecule has 0 radical (unpaired) electrons. The molecule has 1 aromatic rings. The van der Waals surface area contributed by atoms with E-state index in [1.165, 1.54) is 0 Å². The first-order valence-electron chi connectivity index (χ1n) is 4.88. The molecule has 1 aliphatic rings. The molecule has 0 heterocycles. The van der Waals surface area contributed by atoms with E-state index >= 15 is 0 Å². The number of para-hydroxylation sites is 1. The summed E-state index contributed by atoms with van der Waals surface area (Å²) in [5.41, 5.74) is 4.13. The van der Waals surface area contributed by atoms with Crippen molar-refractivity contribution >= 4 is 0 Å². The monoisotopic (exact) mass is 213 g/mol. The summed E-state index contributed by atoms with van der Waals surface area (Å²) in [4.78, 5) is 0. The molecular formula is C11H13F2NO. The first-order chi connectivity index (χ1) is 7.04. The van der Waals surface area contributed by atoms with E-state index in [4.69, 9.17) is 10.5 Å². The number of benzene rings is 1. The molecule has 0 aliphatic heterocycles. The predicted molar refractivity (Wildman–Crippen MR) is 53.0 cm³/mol. The molecule has 1 fully saturated rings. The SMILES string of the molecule is NC1(CCOc2ccccc2)CC1(F)F. The van der Waals surface area contributed by atoms with Crippen LogP contribution in [-0.2, 0) is 0 Å². The molecule has 0 aromatic heterocycles. The fourth-order valence-corrected chi connectivity index (χ4v) is 1.49. The van der Waals surface area contributed by atoms with Gasteiger partial charge in [0.15, 0.2) is 0 Å². The van der Waals surface area contributed by atoms with Crippen LogP contribution in [0.25, 0.3) is 0 Å². The number of hydrogen-bond donors (Lipinski definition) is 1. The van der Waals surface area contributed by atoms with Crippen LogP contribution in [0, 0.1) is 0 Å². The molecule has 1 aliphatic carbocycles. The molecule has 1 unspecified atom stereocenters. The summed E-state index contributed by atoms with van der Waals surface area (Å²) >= 11 is 0. The van der Waals surface area contributed by atoms with E-state index in [0.717, 1.165) is 0 Å². The second kappa shape index (κ2) is 3.45. The van der Waals surface area contributed by atoms with Gasteiger partial charge in [-0.3, -0.25) is 0 Å². The minimum atomic E-state index is -2.70. The number of ether oxygens (including phenoxy) is 1. The Hall–Kier alpha value is -1.16. The van der Waals surface area contributed by atoms with Crippen LogP contribution in [0.5, 0.6) is 5.75 Å². The van der Waals surface area contributed by atoms with Gasteiger partial charge < -0.3 is 10.5 Å². The van der Waals surface area contributed by atoms with E-state index in [2.05, 4.69) is 0 Å². The van der Waals surface area contributed by atoms with Crippen LogP contribution in [0.2, 0.25) is 0 Å². The molecule has 15 heavy (non-hydrogen) atoms. The zero-order valence-electron chi connectivity index (χ0n) is 8.25. The Morgan fingerprint density at radius 1 is 1.27 bits per heavy atom. The second-order valence-corrected chi connectivity index (χ2v) is 3.95. The number of nitrogens with two attached hydrogens (primary N) is 1. The van der Waals surface area contributed by atoms with Crippen LogP contribution >= 0.6 is 0 Å². The van der Waals surface area contributed by atoms with Gasteiger partial charge in [-0.2, -0.15) is 0 Å². The standard InChI is InChI=1S/C11H13F2NO/c12-11(13)8-10(11,14)6-7-15-9-4-2-1-3-5-9/h1-5H,6-8,14H2. The van der Waals surface area contributed by atoms with E-state index < -0.39 is 11.5 Å². The van der Waals surface area contributed by atoms with Crippen LogP contribution in [0.15, 0.2) is 30.3 Å². The average Bonchev–Trinajstić information content (AvgIpc) is 2.67. The molecule has 4 heteroatoms. The second-order valence-electron chi connectivity index (χ2n) is 3.95. The first-order valence-corrected chi connectivity index (χ1v) is 4.88. The van der Waals surface area contributed by atoms with E-state index in [1.54, 1.807) is 12.1 Å². The molecular weight excluding hydrogens is 200 g/mol. The van der Waals surface area contributed by atoms with Crippen molar-refractivity contribution in [3.05, 3.63) is 30.3 Å². The van der Waals surface area contributed by atoms with Gasteiger partial charge in [-0.1, -0.05) is 18.2 Å². The van der Waals surface area contributed by atoms with Gasteiger partial charge in [0.2, 0.25) is 0 Å². The normalized spacial score (nSPS) is 27.4. The highest BCUT2D eigenvalue weighted by Gasteiger charge is 2.68. The predicted octanol–water partition coefficient (Wildman–Crippen LogP) is 2.19. The summed E-state index contributed by atoms with van der Waals surface area (Å²) in [7, 11) is 0. The number of rotatable bonds is 4. The van der Waals surface area contributed by atoms with Gasteiger partial charge in [-0.05, 0) is 12.1 Å². The van der Waals surface area contributed by atoms with Gasteiger partial charge in [-0.25, -0.2) is 8.78 Å². The Bertz CT molecular complexity index is 342. The third kappa shape index (κ3) is 2.09. The van der Waals surface area contributed by atoms with E-state index in [-0.39, 0.29) is 19.4 Å². The highest BCUT2D eigenvalue weighted by molar-refractivity contribution is 5.21. The summed E-state index contributed by atoms with van der Waals surface area (Å²) in [6, 6.07) is 9.10. The molecule has 0 bridgehead atoms. The van der Waals surface area contributed by atoms with Gasteiger partial charge in [-0.15, -0.1) is 0 Å². The highest BCUT2D eigenvalue weighted by atomic mass is 19.3. The molecule has 0 spiro atoms. The molecule has 2 nitrogen and oxygen atoms in total. The lowest BCUT2D eigenvalue weighted by Gasteiger charge is -2.11. The number of alkyl halides is 2.